The summed E-state index contributed by atoms with van der Waals surface area (Å²) in [5.74, 6) is -0.595. The van der Waals surface area contributed by atoms with Crippen molar-refractivity contribution in [2.45, 2.75) is 19.3 Å². The van der Waals surface area contributed by atoms with E-state index in [4.69, 9.17) is 0 Å². The van der Waals surface area contributed by atoms with Crippen LogP contribution < -0.4 is 0 Å². The van der Waals surface area contributed by atoms with E-state index in [1.54, 1.807) is 18.5 Å². The SMILES string of the molecule is Cc1cc(F)ccc1-c1cc(F)ccc1CC(c1cccnc1)c1cccnc1. The second-order valence-corrected chi connectivity index (χ2v) is 7.09. The van der Waals surface area contributed by atoms with E-state index in [9.17, 15) is 8.78 Å². The number of rotatable bonds is 5. The Labute approximate surface area is 168 Å². The molecule has 0 aliphatic carbocycles. The summed E-state index contributed by atoms with van der Waals surface area (Å²) in [7, 11) is 0. The number of nitrogens with zero attached hydrogens (tertiary/aromatic N) is 2. The van der Waals surface area contributed by atoms with Crippen LogP contribution in [0.4, 0.5) is 8.78 Å². The molecule has 4 aromatic rings. The summed E-state index contributed by atoms with van der Waals surface area (Å²) >= 11 is 0. The minimum atomic E-state index is -0.313. The van der Waals surface area contributed by atoms with Crippen LogP contribution in [-0.2, 0) is 6.42 Å². The molecule has 0 saturated carbocycles. The van der Waals surface area contributed by atoms with Crippen LogP contribution >= 0.6 is 0 Å². The normalized spacial score (nSPS) is 11.0. The molecule has 2 aromatic heterocycles. The van der Waals surface area contributed by atoms with Gasteiger partial charge in [0.25, 0.3) is 0 Å². The Morgan fingerprint density at radius 1 is 0.759 bits per heavy atom. The van der Waals surface area contributed by atoms with Crippen LogP contribution in [0, 0.1) is 18.6 Å². The first-order valence-electron chi connectivity index (χ1n) is 9.46. The van der Waals surface area contributed by atoms with Gasteiger partial charge in [0, 0.05) is 30.7 Å². The van der Waals surface area contributed by atoms with E-state index in [0.29, 0.717) is 6.42 Å². The molecule has 0 atom stereocenters. The minimum absolute atomic E-state index is 0.0161. The van der Waals surface area contributed by atoms with E-state index in [2.05, 4.69) is 9.97 Å². The number of aryl methyl sites for hydroxylation is 1. The van der Waals surface area contributed by atoms with Gasteiger partial charge < -0.3 is 0 Å². The summed E-state index contributed by atoms with van der Waals surface area (Å²) in [5, 5.41) is 0. The third-order valence-electron chi connectivity index (χ3n) is 5.15. The Morgan fingerprint density at radius 2 is 1.38 bits per heavy atom. The van der Waals surface area contributed by atoms with Crippen LogP contribution in [-0.4, -0.2) is 9.97 Å². The lowest BCUT2D eigenvalue weighted by Crippen LogP contribution is -2.07. The average molecular weight is 386 g/mol. The highest BCUT2D eigenvalue weighted by Crippen LogP contribution is 2.34. The van der Waals surface area contributed by atoms with Crippen molar-refractivity contribution in [2.75, 3.05) is 0 Å². The van der Waals surface area contributed by atoms with Crippen molar-refractivity contribution < 1.29 is 8.78 Å². The predicted octanol–water partition coefficient (Wildman–Crippen LogP) is 6.10. The molecule has 4 heteroatoms. The van der Waals surface area contributed by atoms with E-state index in [1.807, 2.05) is 49.6 Å². The standard InChI is InChI=1S/C25H20F2N2/c1-17-12-21(26)8-9-23(17)25-14-22(27)7-6-18(25)13-24(19-4-2-10-28-15-19)20-5-3-11-29-16-20/h2-12,14-16,24H,13H2,1H3. The van der Waals surface area contributed by atoms with Crippen LogP contribution in [0.5, 0.6) is 0 Å². The molecular formula is C25H20F2N2. The monoisotopic (exact) mass is 386 g/mol. The van der Waals surface area contributed by atoms with E-state index >= 15 is 0 Å². The zero-order chi connectivity index (χ0) is 20.2. The van der Waals surface area contributed by atoms with Crippen molar-refractivity contribution in [3.8, 4) is 11.1 Å². The molecule has 144 valence electrons. The first kappa shape index (κ1) is 18.9. The molecule has 0 bridgehead atoms. The fraction of sp³-hybridized carbons (Fsp3) is 0.120. The molecule has 0 N–H and O–H groups in total. The maximum Gasteiger partial charge on any atom is 0.123 e. The van der Waals surface area contributed by atoms with Gasteiger partial charge in [-0.1, -0.05) is 24.3 Å². The lowest BCUT2D eigenvalue weighted by atomic mass is 9.84. The van der Waals surface area contributed by atoms with Crippen LogP contribution in [0.1, 0.15) is 28.2 Å². The molecular weight excluding hydrogens is 366 g/mol. The Kier molecular flexibility index (Phi) is 5.43. The molecule has 0 aliphatic rings. The fourth-order valence-corrected chi connectivity index (χ4v) is 3.72. The van der Waals surface area contributed by atoms with E-state index in [-0.39, 0.29) is 17.6 Å². The first-order valence-corrected chi connectivity index (χ1v) is 9.46. The maximum absolute atomic E-state index is 14.1. The zero-order valence-corrected chi connectivity index (χ0v) is 16.0. The fourth-order valence-electron chi connectivity index (χ4n) is 3.72. The summed E-state index contributed by atoms with van der Waals surface area (Å²) in [6.45, 7) is 1.84. The molecule has 0 unspecified atom stereocenters. The Morgan fingerprint density at radius 3 is 1.97 bits per heavy atom. The molecule has 0 spiro atoms. The van der Waals surface area contributed by atoms with Crippen molar-refractivity contribution in [3.63, 3.8) is 0 Å². The van der Waals surface area contributed by atoms with Crippen LogP contribution in [0.25, 0.3) is 11.1 Å². The van der Waals surface area contributed by atoms with Crippen LogP contribution in [0.3, 0.4) is 0 Å². The lowest BCUT2D eigenvalue weighted by Gasteiger charge is -2.20. The third kappa shape index (κ3) is 4.21. The third-order valence-corrected chi connectivity index (χ3v) is 5.15. The van der Waals surface area contributed by atoms with Crippen LogP contribution in [0.15, 0.2) is 85.5 Å². The highest BCUT2D eigenvalue weighted by atomic mass is 19.1. The molecule has 0 fully saturated rings. The van der Waals surface area contributed by atoms with Crippen molar-refractivity contribution in [1.82, 2.24) is 9.97 Å². The quantitative estimate of drug-likeness (QED) is 0.414. The van der Waals surface area contributed by atoms with Gasteiger partial charge in [-0.25, -0.2) is 8.78 Å². The second-order valence-electron chi connectivity index (χ2n) is 7.09. The number of hydrogen-bond donors (Lipinski definition) is 0. The highest BCUT2D eigenvalue weighted by Gasteiger charge is 2.19. The Bertz CT molecular complexity index is 1070. The van der Waals surface area contributed by atoms with E-state index in [1.165, 1.54) is 24.3 Å². The van der Waals surface area contributed by atoms with Crippen molar-refractivity contribution >= 4 is 0 Å². The van der Waals surface area contributed by atoms with E-state index in [0.717, 1.165) is 33.4 Å². The summed E-state index contributed by atoms with van der Waals surface area (Å²) in [6, 6.07) is 17.3. The molecule has 0 amide bonds. The molecule has 2 nitrogen and oxygen atoms in total. The van der Waals surface area contributed by atoms with Gasteiger partial charge in [-0.3, -0.25) is 9.97 Å². The number of halogens is 2. The zero-order valence-electron chi connectivity index (χ0n) is 16.0. The lowest BCUT2D eigenvalue weighted by molar-refractivity contribution is 0.626. The van der Waals surface area contributed by atoms with Crippen LogP contribution in [0.2, 0.25) is 0 Å². The molecule has 0 aliphatic heterocycles. The largest absolute Gasteiger partial charge is 0.264 e. The van der Waals surface area contributed by atoms with Crippen molar-refractivity contribution in [2.24, 2.45) is 0 Å². The second kappa shape index (κ2) is 8.31. The van der Waals surface area contributed by atoms with Gasteiger partial charge in [-0.05, 0) is 83.1 Å². The number of benzene rings is 2. The molecule has 0 saturated heterocycles. The Hall–Kier alpha value is -3.40. The first-order chi connectivity index (χ1) is 14.1. The van der Waals surface area contributed by atoms with Gasteiger partial charge in [0.15, 0.2) is 0 Å². The van der Waals surface area contributed by atoms with Crippen molar-refractivity contribution in [1.29, 1.82) is 0 Å². The van der Waals surface area contributed by atoms with Gasteiger partial charge in [-0.2, -0.15) is 0 Å². The minimum Gasteiger partial charge on any atom is -0.264 e. The highest BCUT2D eigenvalue weighted by molar-refractivity contribution is 5.71. The molecule has 2 aromatic carbocycles. The van der Waals surface area contributed by atoms with Gasteiger partial charge >= 0.3 is 0 Å². The molecule has 0 radical (unpaired) electrons. The summed E-state index contributed by atoms with van der Waals surface area (Å²) in [6.07, 6.45) is 7.84. The molecule has 4 rings (SSSR count). The Balaban J connectivity index is 1.81. The van der Waals surface area contributed by atoms with Gasteiger partial charge in [0.2, 0.25) is 0 Å². The smallest absolute Gasteiger partial charge is 0.123 e. The van der Waals surface area contributed by atoms with Crippen molar-refractivity contribution in [3.05, 3.63) is 119 Å². The topological polar surface area (TPSA) is 25.8 Å². The molecule has 2 heterocycles. The predicted molar refractivity (Wildman–Crippen MR) is 111 cm³/mol. The van der Waals surface area contributed by atoms with E-state index < -0.39 is 0 Å². The average Bonchev–Trinajstić information content (AvgIpc) is 2.74. The number of hydrogen-bond acceptors (Lipinski definition) is 2. The molecule has 29 heavy (non-hydrogen) atoms. The summed E-state index contributed by atoms with van der Waals surface area (Å²) in [4.78, 5) is 8.54. The number of pyridine rings is 2. The van der Waals surface area contributed by atoms with Gasteiger partial charge in [0.05, 0.1) is 0 Å². The number of aromatic nitrogens is 2. The summed E-state index contributed by atoms with van der Waals surface area (Å²) < 4.78 is 27.7. The van der Waals surface area contributed by atoms with Gasteiger partial charge in [0.1, 0.15) is 11.6 Å². The van der Waals surface area contributed by atoms with Gasteiger partial charge in [-0.15, -0.1) is 0 Å². The summed E-state index contributed by atoms with van der Waals surface area (Å²) in [5.41, 5.74) is 5.49. The maximum atomic E-state index is 14.1.